The fourth-order valence-electron chi connectivity index (χ4n) is 2.87. The lowest BCUT2D eigenvalue weighted by atomic mass is 10.0. The van der Waals surface area contributed by atoms with Crippen LogP contribution in [0.25, 0.3) is 23.7 Å². The highest BCUT2D eigenvalue weighted by atomic mass is 19.4. The zero-order chi connectivity index (χ0) is 25.1. The molecule has 13 heteroatoms. The molecule has 0 fully saturated rings. The molecular weight excluding hydrogens is 466 g/mol. The van der Waals surface area contributed by atoms with E-state index in [1.54, 1.807) is 31.3 Å². The number of rotatable bonds is 6. The third-order valence-electron chi connectivity index (χ3n) is 4.35. The summed E-state index contributed by atoms with van der Waals surface area (Å²) in [5.74, 6) is -0.628. The van der Waals surface area contributed by atoms with Crippen LogP contribution in [0.15, 0.2) is 53.9 Å². The summed E-state index contributed by atoms with van der Waals surface area (Å²) in [5, 5.41) is 3.83. The average molecular weight is 482 g/mol. The summed E-state index contributed by atoms with van der Waals surface area (Å²) in [6.45, 7) is 5.25. The summed E-state index contributed by atoms with van der Waals surface area (Å²) in [6, 6.07) is 2.75. The highest BCUT2D eigenvalue weighted by Crippen LogP contribution is 2.38. The van der Waals surface area contributed by atoms with Crippen LogP contribution < -0.4 is 5.43 Å². The van der Waals surface area contributed by atoms with Gasteiger partial charge in [-0.3, -0.25) is 10.2 Å². The number of nitrogens with one attached hydrogen (secondary N) is 1. The zero-order valence-electron chi connectivity index (χ0n) is 17.4. The van der Waals surface area contributed by atoms with Crippen molar-refractivity contribution in [2.45, 2.75) is 19.3 Å². The number of hydrogen-bond acceptors (Lipinski definition) is 4. The monoisotopic (exact) mass is 482 g/mol. The second-order valence-electron chi connectivity index (χ2n) is 6.76. The Labute approximate surface area is 188 Å². The van der Waals surface area contributed by atoms with Gasteiger partial charge in [0.2, 0.25) is 0 Å². The minimum Gasteiger partial charge on any atom is -0.268 e. The molecule has 0 spiro atoms. The van der Waals surface area contributed by atoms with Crippen LogP contribution >= 0.6 is 0 Å². The number of benzene rings is 1. The summed E-state index contributed by atoms with van der Waals surface area (Å²) in [4.78, 5) is 19.8. The Kier molecular flexibility index (Phi) is 6.75. The molecule has 178 valence electrons. The van der Waals surface area contributed by atoms with Gasteiger partial charge in [0.15, 0.2) is 11.6 Å². The van der Waals surface area contributed by atoms with Crippen molar-refractivity contribution in [2.24, 2.45) is 4.99 Å². The van der Waals surface area contributed by atoms with E-state index in [2.05, 4.69) is 27.2 Å². The van der Waals surface area contributed by atoms with Gasteiger partial charge in [-0.05, 0) is 37.9 Å². The predicted molar refractivity (Wildman–Crippen MR) is 114 cm³/mol. The lowest BCUT2D eigenvalue weighted by molar-refractivity contribution is -0.143. The van der Waals surface area contributed by atoms with E-state index in [-0.39, 0.29) is 11.9 Å². The Morgan fingerprint density at radius 2 is 1.76 bits per heavy atom. The summed E-state index contributed by atoms with van der Waals surface area (Å²) < 4.78 is 80.6. The fourth-order valence-corrected chi connectivity index (χ4v) is 2.87. The van der Waals surface area contributed by atoms with Gasteiger partial charge in [0.25, 0.3) is 5.91 Å². The van der Waals surface area contributed by atoms with Crippen LogP contribution in [0, 0.1) is 0 Å². The topological polar surface area (TPSA) is 77.1 Å². The number of nitrogens with zero attached hydrogens (tertiary/aromatic N) is 5. The third-order valence-corrected chi connectivity index (χ3v) is 4.35. The summed E-state index contributed by atoms with van der Waals surface area (Å²) in [7, 11) is 0. The molecule has 0 bridgehead atoms. The molecule has 1 amide bonds. The molecule has 0 saturated heterocycles. The molecule has 0 aliphatic heterocycles. The van der Waals surface area contributed by atoms with Gasteiger partial charge in [-0.1, -0.05) is 12.2 Å². The normalized spacial score (nSPS) is 12.6. The maximum Gasteiger partial charge on any atom is 0.416 e. The Hall–Kier alpha value is -4.16. The lowest BCUT2D eigenvalue weighted by Gasteiger charge is -2.13. The number of halogens is 6. The first-order valence-electron chi connectivity index (χ1n) is 9.43. The first kappa shape index (κ1) is 24.5. The van der Waals surface area contributed by atoms with Crippen molar-refractivity contribution >= 4 is 30.7 Å². The lowest BCUT2D eigenvalue weighted by Crippen LogP contribution is -2.19. The number of aromatic nitrogens is 4. The van der Waals surface area contributed by atoms with Gasteiger partial charge >= 0.3 is 12.4 Å². The molecule has 3 rings (SSSR count). The molecule has 0 radical (unpaired) electrons. The van der Waals surface area contributed by atoms with E-state index in [0.29, 0.717) is 23.5 Å². The van der Waals surface area contributed by atoms with Crippen LogP contribution in [-0.4, -0.2) is 32.1 Å². The van der Waals surface area contributed by atoms with E-state index in [1.165, 1.54) is 4.68 Å². The van der Waals surface area contributed by atoms with Gasteiger partial charge < -0.3 is 0 Å². The first-order valence-corrected chi connectivity index (χ1v) is 9.43. The minimum absolute atomic E-state index is 0.0139. The van der Waals surface area contributed by atoms with Crippen LogP contribution in [-0.2, 0) is 17.1 Å². The SMILES string of the molecule is C=Nc1c(/C=C\C)ccn1NC(=O)/C=C\n1cnc(-c2cc(C(F)(F)F)cc(C(F)(F)F)c2)n1. The number of amides is 1. The molecule has 0 atom stereocenters. The largest absolute Gasteiger partial charge is 0.416 e. The molecule has 0 aliphatic carbocycles. The van der Waals surface area contributed by atoms with Gasteiger partial charge in [-0.2, -0.15) is 26.3 Å². The zero-order valence-corrected chi connectivity index (χ0v) is 17.4. The third kappa shape index (κ3) is 5.60. The molecule has 0 aliphatic rings. The van der Waals surface area contributed by atoms with Gasteiger partial charge in [-0.15, -0.1) is 5.10 Å². The van der Waals surface area contributed by atoms with Crippen molar-refractivity contribution in [1.29, 1.82) is 0 Å². The van der Waals surface area contributed by atoms with Crippen LogP contribution in [0.2, 0.25) is 0 Å². The molecule has 3 aromatic rings. The number of carbonyl (C=O) groups is 1. The van der Waals surface area contributed by atoms with Crippen molar-refractivity contribution in [2.75, 3.05) is 5.43 Å². The summed E-state index contributed by atoms with van der Waals surface area (Å²) >= 11 is 0. The first-order chi connectivity index (χ1) is 15.9. The summed E-state index contributed by atoms with van der Waals surface area (Å²) in [5.41, 5.74) is -0.237. The van der Waals surface area contributed by atoms with E-state index < -0.39 is 35.0 Å². The van der Waals surface area contributed by atoms with Crippen molar-refractivity contribution in [3.63, 3.8) is 0 Å². The van der Waals surface area contributed by atoms with E-state index >= 15 is 0 Å². The standard InChI is InChI=1S/C21H16F6N6O/c1-3-4-13-5-8-33(19(13)28-2)30-17(34)6-7-32-12-29-18(31-32)14-9-15(20(22,23)24)11-16(10-14)21(25,26)27/h3-12H,2H2,1H3,(H,30,34)/b4-3-,7-6-. The van der Waals surface area contributed by atoms with Crippen molar-refractivity contribution in [3.8, 4) is 11.4 Å². The Bertz CT molecular complexity index is 1230. The van der Waals surface area contributed by atoms with Crippen LogP contribution in [0.3, 0.4) is 0 Å². The predicted octanol–water partition coefficient (Wildman–Crippen LogP) is 5.39. The number of allylic oxidation sites excluding steroid dienone is 1. The van der Waals surface area contributed by atoms with Gasteiger partial charge in [-0.25, -0.2) is 19.3 Å². The molecule has 0 unspecified atom stereocenters. The van der Waals surface area contributed by atoms with E-state index in [9.17, 15) is 31.1 Å². The molecule has 0 saturated carbocycles. The van der Waals surface area contributed by atoms with Crippen LogP contribution in [0.5, 0.6) is 0 Å². The molecule has 2 heterocycles. The van der Waals surface area contributed by atoms with Crippen molar-refractivity contribution in [3.05, 3.63) is 65.6 Å². The quantitative estimate of drug-likeness (QED) is 0.291. The van der Waals surface area contributed by atoms with Gasteiger partial charge in [0.1, 0.15) is 6.33 Å². The number of hydrogen-bond donors (Lipinski definition) is 1. The van der Waals surface area contributed by atoms with E-state index in [0.717, 1.165) is 23.3 Å². The maximum absolute atomic E-state index is 13.1. The highest BCUT2D eigenvalue weighted by Gasteiger charge is 2.37. The van der Waals surface area contributed by atoms with Crippen molar-refractivity contribution < 1.29 is 31.1 Å². The van der Waals surface area contributed by atoms with E-state index in [1.807, 2.05) is 0 Å². The van der Waals surface area contributed by atoms with Gasteiger partial charge in [0, 0.05) is 29.6 Å². The maximum atomic E-state index is 13.1. The highest BCUT2D eigenvalue weighted by molar-refractivity contribution is 5.96. The molecule has 1 N–H and O–H groups in total. The minimum atomic E-state index is -5.00. The molecule has 1 aromatic carbocycles. The molecule has 2 aromatic heterocycles. The number of alkyl halides is 6. The van der Waals surface area contributed by atoms with Crippen molar-refractivity contribution in [1.82, 2.24) is 19.4 Å². The Morgan fingerprint density at radius 1 is 1.12 bits per heavy atom. The van der Waals surface area contributed by atoms with Crippen LogP contribution in [0.4, 0.5) is 32.2 Å². The second-order valence-corrected chi connectivity index (χ2v) is 6.76. The smallest absolute Gasteiger partial charge is 0.268 e. The molecule has 7 nitrogen and oxygen atoms in total. The number of aliphatic imine (C=N–C) groups is 1. The Balaban J connectivity index is 1.82. The summed E-state index contributed by atoms with van der Waals surface area (Å²) in [6.07, 6.45) is -1.72. The average Bonchev–Trinajstić information content (AvgIpc) is 3.38. The van der Waals surface area contributed by atoms with Crippen LogP contribution in [0.1, 0.15) is 23.6 Å². The van der Waals surface area contributed by atoms with Gasteiger partial charge in [0.05, 0.1) is 11.1 Å². The van der Waals surface area contributed by atoms with E-state index in [4.69, 9.17) is 0 Å². The Morgan fingerprint density at radius 3 is 2.32 bits per heavy atom. The molecule has 34 heavy (non-hydrogen) atoms. The fraction of sp³-hybridized carbons (Fsp3) is 0.143. The number of carbonyl (C=O) groups excluding carboxylic acids is 1. The second kappa shape index (κ2) is 9.37. The molecular formula is C21H16F6N6O.